The van der Waals surface area contributed by atoms with Crippen molar-refractivity contribution in [3.8, 4) is 0 Å². The monoisotopic (exact) mass is 150 g/mol. The summed E-state index contributed by atoms with van der Waals surface area (Å²) >= 11 is 0. The molecular formula is C4H6O2S2. The molecule has 2 atom stereocenters. The van der Waals surface area contributed by atoms with Crippen LogP contribution < -0.4 is 0 Å². The van der Waals surface area contributed by atoms with Gasteiger partial charge in [0.1, 0.15) is 0 Å². The minimum Gasteiger partial charge on any atom is -0.254 e. The molecule has 8 heavy (non-hydrogen) atoms. The summed E-state index contributed by atoms with van der Waals surface area (Å²) in [6.45, 7) is 3.42. The first kappa shape index (κ1) is 6.16. The van der Waals surface area contributed by atoms with Crippen LogP contribution in [-0.4, -0.2) is 19.9 Å². The lowest BCUT2D eigenvalue weighted by Gasteiger charge is -1.83. The van der Waals surface area contributed by atoms with Crippen molar-refractivity contribution in [3.63, 3.8) is 0 Å². The second-order valence-electron chi connectivity index (χ2n) is 1.47. The minimum absolute atomic E-state index is 0.407. The number of hydrogen-bond donors (Lipinski definition) is 0. The van der Waals surface area contributed by atoms with Crippen molar-refractivity contribution in [3.05, 3.63) is 10.8 Å². The molecule has 0 bridgehead atoms. The van der Waals surface area contributed by atoms with Crippen LogP contribution in [0.5, 0.6) is 0 Å². The molecule has 0 aromatic carbocycles. The number of rotatable bonds is 0. The molecule has 1 rings (SSSR count). The van der Waals surface area contributed by atoms with Gasteiger partial charge in [0.05, 0.1) is 25.8 Å². The predicted molar refractivity (Wildman–Crippen MR) is 35.2 cm³/mol. The summed E-state index contributed by atoms with van der Waals surface area (Å²) in [6.07, 6.45) is 0. The molecule has 0 amide bonds. The highest BCUT2D eigenvalue weighted by atomic mass is 32.2. The van der Waals surface area contributed by atoms with Gasteiger partial charge in [-0.3, -0.25) is 8.42 Å². The molecule has 0 spiro atoms. The Kier molecular flexibility index (Phi) is 1.62. The van der Waals surface area contributed by atoms with E-state index in [0.29, 0.717) is 15.7 Å². The Balaban J connectivity index is 2.86. The van der Waals surface area contributed by atoms with Gasteiger partial charge in [0.15, 0.2) is 0 Å². The van der Waals surface area contributed by atoms with E-state index in [0.717, 1.165) is 0 Å². The van der Waals surface area contributed by atoms with Crippen molar-refractivity contribution in [2.24, 2.45) is 0 Å². The fourth-order valence-corrected chi connectivity index (χ4v) is 3.48. The molecule has 46 valence electrons. The zero-order valence-electron chi connectivity index (χ0n) is 4.25. The first-order chi connectivity index (χ1) is 3.72. The van der Waals surface area contributed by atoms with Gasteiger partial charge in [-0.15, -0.1) is 0 Å². The van der Waals surface area contributed by atoms with E-state index in [2.05, 4.69) is 6.58 Å². The molecule has 0 radical (unpaired) electrons. The third-order valence-electron chi connectivity index (χ3n) is 0.962. The molecule has 1 heterocycles. The maximum atomic E-state index is 10.6. The molecule has 1 aliphatic rings. The van der Waals surface area contributed by atoms with E-state index >= 15 is 0 Å². The molecule has 0 saturated carbocycles. The summed E-state index contributed by atoms with van der Waals surface area (Å²) < 4.78 is 21.6. The van der Waals surface area contributed by atoms with Gasteiger partial charge in [-0.25, -0.2) is 0 Å². The summed E-state index contributed by atoms with van der Waals surface area (Å²) in [7, 11) is -1.98. The minimum atomic E-state index is -0.992. The van der Waals surface area contributed by atoms with E-state index in [1.807, 2.05) is 0 Å². The van der Waals surface area contributed by atoms with Crippen LogP contribution in [0.4, 0.5) is 0 Å². The lowest BCUT2D eigenvalue weighted by Crippen LogP contribution is -1.86. The predicted octanol–water partition coefficient (Wildman–Crippen LogP) is -0.0314. The second kappa shape index (κ2) is 2.11. The molecular weight excluding hydrogens is 144 g/mol. The van der Waals surface area contributed by atoms with Crippen molar-refractivity contribution in [1.82, 2.24) is 0 Å². The van der Waals surface area contributed by atoms with Crippen LogP contribution >= 0.6 is 0 Å². The summed E-state index contributed by atoms with van der Waals surface area (Å²) in [5.41, 5.74) is 0. The van der Waals surface area contributed by atoms with Gasteiger partial charge in [0, 0.05) is 11.5 Å². The normalized spacial score (nSPS) is 38.2. The highest BCUT2D eigenvalue weighted by Gasteiger charge is 2.20. The Hall–Kier alpha value is 0.0400. The van der Waals surface area contributed by atoms with Gasteiger partial charge in [-0.1, -0.05) is 6.58 Å². The first-order valence-corrected chi connectivity index (χ1v) is 4.81. The Bertz CT molecular complexity index is 155. The van der Waals surface area contributed by atoms with Gasteiger partial charge in [-0.05, 0) is 0 Å². The SMILES string of the molecule is C=C1S(=O)CCS1=O. The molecule has 0 aliphatic carbocycles. The van der Waals surface area contributed by atoms with Crippen LogP contribution in [0.15, 0.2) is 10.8 Å². The van der Waals surface area contributed by atoms with Crippen LogP contribution in [0.25, 0.3) is 0 Å². The van der Waals surface area contributed by atoms with Crippen molar-refractivity contribution < 1.29 is 8.42 Å². The third-order valence-corrected chi connectivity index (χ3v) is 4.50. The molecule has 0 aromatic heterocycles. The molecule has 4 heteroatoms. The summed E-state index contributed by atoms with van der Waals surface area (Å²) in [4.78, 5) is 0. The first-order valence-electron chi connectivity index (χ1n) is 2.17. The Morgan fingerprint density at radius 2 is 1.62 bits per heavy atom. The van der Waals surface area contributed by atoms with E-state index in [1.165, 1.54) is 0 Å². The highest BCUT2D eigenvalue weighted by Crippen LogP contribution is 2.13. The topological polar surface area (TPSA) is 34.1 Å². The van der Waals surface area contributed by atoms with E-state index in [1.54, 1.807) is 0 Å². The maximum Gasteiger partial charge on any atom is 0.0957 e. The van der Waals surface area contributed by atoms with E-state index in [4.69, 9.17) is 0 Å². The third kappa shape index (κ3) is 0.902. The Morgan fingerprint density at radius 1 is 1.25 bits per heavy atom. The molecule has 1 aliphatic heterocycles. The van der Waals surface area contributed by atoms with Crippen molar-refractivity contribution in [2.75, 3.05) is 11.5 Å². The van der Waals surface area contributed by atoms with Crippen molar-refractivity contribution in [2.45, 2.75) is 0 Å². The average molecular weight is 150 g/mol. The lowest BCUT2D eigenvalue weighted by atomic mass is 11.0. The summed E-state index contributed by atoms with van der Waals surface area (Å²) in [5, 5.41) is 0. The molecule has 0 N–H and O–H groups in total. The van der Waals surface area contributed by atoms with Crippen LogP contribution in [0, 0.1) is 0 Å². The fourth-order valence-electron chi connectivity index (χ4n) is 0.483. The molecule has 1 saturated heterocycles. The van der Waals surface area contributed by atoms with E-state index in [9.17, 15) is 8.42 Å². The van der Waals surface area contributed by atoms with Gasteiger partial charge in [0.25, 0.3) is 0 Å². The second-order valence-corrected chi connectivity index (χ2v) is 4.91. The van der Waals surface area contributed by atoms with Crippen LogP contribution in [0.3, 0.4) is 0 Å². The Morgan fingerprint density at radius 3 is 1.75 bits per heavy atom. The van der Waals surface area contributed by atoms with Crippen molar-refractivity contribution in [1.29, 1.82) is 0 Å². The van der Waals surface area contributed by atoms with Crippen LogP contribution in [-0.2, 0) is 21.6 Å². The standard InChI is InChI=1S/C4H6O2S2/c1-4-7(5)2-3-8(4)6/h1-3H2. The lowest BCUT2D eigenvalue weighted by molar-refractivity contribution is 0.689. The largest absolute Gasteiger partial charge is 0.254 e. The van der Waals surface area contributed by atoms with Gasteiger partial charge >= 0.3 is 0 Å². The smallest absolute Gasteiger partial charge is 0.0957 e. The summed E-state index contributed by atoms with van der Waals surface area (Å²) in [6, 6.07) is 0. The quantitative estimate of drug-likeness (QED) is 0.486. The fraction of sp³-hybridized carbons (Fsp3) is 0.500. The van der Waals surface area contributed by atoms with Crippen molar-refractivity contribution >= 4 is 21.6 Å². The van der Waals surface area contributed by atoms with E-state index in [-0.39, 0.29) is 0 Å². The number of hydrogen-bond acceptors (Lipinski definition) is 2. The zero-order valence-corrected chi connectivity index (χ0v) is 5.89. The van der Waals surface area contributed by atoms with Gasteiger partial charge in [0.2, 0.25) is 0 Å². The Labute approximate surface area is 52.9 Å². The summed E-state index contributed by atoms with van der Waals surface area (Å²) in [5.74, 6) is 1.07. The zero-order chi connectivity index (χ0) is 6.15. The molecule has 2 unspecified atom stereocenters. The molecule has 0 aromatic rings. The van der Waals surface area contributed by atoms with Gasteiger partial charge < -0.3 is 0 Å². The molecule has 2 nitrogen and oxygen atoms in total. The average Bonchev–Trinajstić information content (AvgIpc) is 1.98. The molecule has 1 fully saturated rings. The van der Waals surface area contributed by atoms with E-state index < -0.39 is 21.6 Å². The van der Waals surface area contributed by atoms with Gasteiger partial charge in [-0.2, -0.15) is 0 Å². The highest BCUT2D eigenvalue weighted by molar-refractivity contribution is 8.11. The van der Waals surface area contributed by atoms with Crippen LogP contribution in [0.2, 0.25) is 0 Å². The maximum absolute atomic E-state index is 10.6. The van der Waals surface area contributed by atoms with Crippen LogP contribution in [0.1, 0.15) is 0 Å².